The molecule has 5 aliphatic heterocycles. The molecule has 6 aliphatic rings. The molecule has 3 N–H and O–H groups in total. The monoisotopic (exact) mass is 887 g/mol. The van der Waals surface area contributed by atoms with Gasteiger partial charge in [0.1, 0.15) is 11.2 Å². The van der Waals surface area contributed by atoms with Gasteiger partial charge in [-0.2, -0.15) is 0 Å². The molecule has 3 fully saturated rings. The molecule has 10 atom stereocenters. The van der Waals surface area contributed by atoms with Crippen LogP contribution in [-0.2, 0) is 50.6 Å². The van der Waals surface area contributed by atoms with Crippen molar-refractivity contribution in [1.82, 2.24) is 14.8 Å². The number of methoxy groups -OCH3 is 3. The van der Waals surface area contributed by atoms with Crippen LogP contribution < -0.4 is 15.0 Å². The normalized spacial score (nSPS) is 34.0. The van der Waals surface area contributed by atoms with Crippen LogP contribution in [0.4, 0.5) is 20.2 Å². The van der Waals surface area contributed by atoms with Gasteiger partial charge in [0.25, 0.3) is 0 Å². The number of aliphatic hydroxyl groups is 1. The molecule has 14 nitrogen and oxygen atoms in total. The molecule has 2 aromatic carbocycles. The predicted octanol–water partition coefficient (Wildman–Crippen LogP) is 5.08. The SMILES string of the molecule is CC[C@]12C=CCN3CC[C@@]4(c5cc([C@@]6(C(=O)OC)C[C@H]7C[C@@H](C(C)(F)F)CN(CCc8c6[nH]c6ccc(NC(C)=O)cc86)C7)c(OC)cc5N(C)[C@H]4[C@@](O)(C(=O)OC)[C@@H]1OC(C)=O)[C@@H]32. The first-order valence-electron chi connectivity index (χ1n) is 22.3. The Morgan fingerprint density at radius 3 is 2.41 bits per heavy atom. The zero-order valence-electron chi connectivity index (χ0n) is 37.8. The number of likely N-dealkylation sites (N-methyl/N-ethyl adjacent to an activating group) is 1. The highest BCUT2D eigenvalue weighted by Crippen LogP contribution is 2.68. The number of H-pyrrole nitrogens is 1. The second kappa shape index (κ2) is 15.3. The molecule has 6 heterocycles. The van der Waals surface area contributed by atoms with E-state index in [1.807, 2.05) is 48.2 Å². The third kappa shape index (κ3) is 6.03. The van der Waals surface area contributed by atoms with Gasteiger partial charge in [0, 0.05) is 109 Å². The van der Waals surface area contributed by atoms with Crippen molar-refractivity contribution in [2.75, 3.05) is 71.3 Å². The third-order valence-electron chi connectivity index (χ3n) is 16.0. The van der Waals surface area contributed by atoms with Crippen LogP contribution in [-0.4, -0.2) is 135 Å². The Morgan fingerprint density at radius 2 is 1.75 bits per heavy atom. The van der Waals surface area contributed by atoms with Crippen LogP contribution in [0.3, 0.4) is 0 Å². The van der Waals surface area contributed by atoms with E-state index in [1.54, 1.807) is 13.1 Å². The van der Waals surface area contributed by atoms with Gasteiger partial charge in [-0.3, -0.25) is 19.3 Å². The Balaban J connectivity index is 1.36. The Kier molecular flexibility index (Phi) is 10.5. The lowest BCUT2D eigenvalue weighted by atomic mass is 9.47. The van der Waals surface area contributed by atoms with E-state index in [0.29, 0.717) is 79.3 Å². The number of carbonyl (C=O) groups excluding carboxylic acids is 4. The number of nitrogens with one attached hydrogen (secondary N) is 2. The summed E-state index contributed by atoms with van der Waals surface area (Å²) in [6.07, 6.45) is 4.18. The number of ether oxygens (including phenoxy) is 4. The minimum Gasteiger partial charge on any atom is -0.496 e. The first-order chi connectivity index (χ1) is 30.3. The van der Waals surface area contributed by atoms with E-state index in [9.17, 15) is 19.5 Å². The number of aromatic amines is 1. The summed E-state index contributed by atoms with van der Waals surface area (Å²) >= 11 is 0. The fourth-order valence-electron chi connectivity index (χ4n) is 13.8. The number of nitrogens with zero attached hydrogens (tertiary/aromatic N) is 3. The number of alkyl halides is 2. The third-order valence-corrected chi connectivity index (χ3v) is 16.0. The van der Waals surface area contributed by atoms with E-state index in [1.165, 1.54) is 35.2 Å². The highest BCUT2D eigenvalue weighted by atomic mass is 19.3. The largest absolute Gasteiger partial charge is 0.496 e. The maximum absolute atomic E-state index is 15.5. The van der Waals surface area contributed by atoms with Gasteiger partial charge < -0.3 is 44.2 Å². The average Bonchev–Trinajstić information content (AvgIpc) is 3.91. The molecule has 1 spiro atoms. The number of carbonyl (C=O) groups is 4. The zero-order chi connectivity index (χ0) is 45.9. The average molecular weight is 888 g/mol. The van der Waals surface area contributed by atoms with Gasteiger partial charge in [-0.15, -0.1) is 0 Å². The summed E-state index contributed by atoms with van der Waals surface area (Å²) in [5.74, 6) is -6.48. The van der Waals surface area contributed by atoms with Gasteiger partial charge in [0.15, 0.2) is 6.10 Å². The van der Waals surface area contributed by atoms with E-state index in [4.69, 9.17) is 18.9 Å². The minimum atomic E-state index is -2.98. The lowest BCUT2D eigenvalue weighted by Gasteiger charge is -2.63. The summed E-state index contributed by atoms with van der Waals surface area (Å²) in [5.41, 5.74) is -1.68. The maximum Gasteiger partial charge on any atom is 0.344 e. The van der Waals surface area contributed by atoms with Gasteiger partial charge in [-0.05, 0) is 86.9 Å². The molecule has 1 unspecified atom stereocenters. The number of benzene rings is 2. The van der Waals surface area contributed by atoms with Gasteiger partial charge in [-0.1, -0.05) is 19.1 Å². The van der Waals surface area contributed by atoms with Crippen molar-refractivity contribution in [3.63, 3.8) is 0 Å². The maximum atomic E-state index is 15.5. The molecule has 16 heteroatoms. The molecule has 0 radical (unpaired) electrons. The second-order valence-corrected chi connectivity index (χ2v) is 19.2. The molecule has 344 valence electrons. The number of hydrogen-bond donors (Lipinski definition) is 3. The van der Waals surface area contributed by atoms with Crippen LogP contribution in [0.2, 0.25) is 0 Å². The predicted molar refractivity (Wildman–Crippen MR) is 234 cm³/mol. The van der Waals surface area contributed by atoms with Crippen molar-refractivity contribution in [3.8, 4) is 5.75 Å². The van der Waals surface area contributed by atoms with Crippen LogP contribution in [0.5, 0.6) is 5.75 Å². The Hall–Kier alpha value is -5.06. The zero-order valence-corrected chi connectivity index (χ0v) is 37.8. The number of aromatic nitrogens is 1. The first-order valence-corrected chi connectivity index (χ1v) is 22.3. The summed E-state index contributed by atoms with van der Waals surface area (Å²) in [7, 11) is 5.86. The van der Waals surface area contributed by atoms with Crippen LogP contribution in [0.25, 0.3) is 10.9 Å². The highest BCUT2D eigenvalue weighted by molar-refractivity contribution is 5.97. The Bertz CT molecular complexity index is 2470. The van der Waals surface area contributed by atoms with Crippen molar-refractivity contribution in [3.05, 3.63) is 64.9 Å². The lowest BCUT2D eigenvalue weighted by Crippen LogP contribution is -2.81. The van der Waals surface area contributed by atoms with Crippen molar-refractivity contribution in [2.45, 2.75) is 100 Å². The van der Waals surface area contributed by atoms with E-state index >= 15 is 13.6 Å². The van der Waals surface area contributed by atoms with Crippen LogP contribution >= 0.6 is 0 Å². The number of fused-ring (bicyclic) bond motifs is 6. The molecule has 1 saturated carbocycles. The number of hydrogen-bond acceptors (Lipinski definition) is 12. The number of esters is 3. The molecular formula is C48H59F2N5O9. The number of anilines is 2. The molecule has 1 aliphatic carbocycles. The number of piperidine rings is 1. The standard InChI is InChI=1S/C48H59F2N5O9/c1-9-45-14-10-16-55-18-15-46(39(45)55)33-21-34(37(61-6)22-36(33)53(5)40(46)48(60,43(59)63-8)41(45)64-27(3)57)47(42(58)62-7)23-28-19-29(44(4,49)50)25-54(24-28)17-13-31-32-20-30(51-26(2)56)11-12-35(32)52-38(31)47/h10-12,14,20-22,28-29,39-41,52,60H,9,13,15-19,23-25H2,1-8H3,(H,51,56)/t28-,29-,39+,40-,41-,45-,46-,47+,48+/m1/s1. The number of rotatable bonds is 8. The number of halogens is 2. The van der Waals surface area contributed by atoms with E-state index in [-0.39, 0.29) is 25.3 Å². The molecule has 2 saturated heterocycles. The molecule has 2 bridgehead atoms. The van der Waals surface area contributed by atoms with E-state index in [2.05, 4.69) is 20.1 Å². The molecule has 3 aromatic rings. The molecule has 1 aromatic heterocycles. The molecule has 64 heavy (non-hydrogen) atoms. The van der Waals surface area contributed by atoms with E-state index < -0.39 is 75.7 Å². The molecule has 9 rings (SSSR count). The van der Waals surface area contributed by atoms with Crippen LogP contribution in [0, 0.1) is 17.3 Å². The quantitative estimate of drug-likeness (QED) is 0.157. The van der Waals surface area contributed by atoms with Crippen molar-refractivity contribution in [1.29, 1.82) is 0 Å². The van der Waals surface area contributed by atoms with Gasteiger partial charge in [0.2, 0.25) is 17.4 Å². The van der Waals surface area contributed by atoms with Crippen molar-refractivity contribution >= 4 is 46.1 Å². The summed E-state index contributed by atoms with van der Waals surface area (Å²) in [4.78, 5) is 65.1. The molecular weight excluding hydrogens is 829 g/mol. The summed E-state index contributed by atoms with van der Waals surface area (Å²) in [6.45, 7) is 7.91. The van der Waals surface area contributed by atoms with Crippen LogP contribution in [0.15, 0.2) is 42.5 Å². The highest BCUT2D eigenvalue weighted by Gasteiger charge is 2.80. The fraction of sp³-hybridized carbons (Fsp3) is 0.583. The van der Waals surface area contributed by atoms with Gasteiger partial charge in [0.05, 0.1) is 27.4 Å². The minimum absolute atomic E-state index is 0.0837. The summed E-state index contributed by atoms with van der Waals surface area (Å²) in [6, 6.07) is 7.93. The Labute approximate surface area is 371 Å². The van der Waals surface area contributed by atoms with E-state index in [0.717, 1.165) is 23.4 Å². The summed E-state index contributed by atoms with van der Waals surface area (Å²) < 4.78 is 54.7. The first kappa shape index (κ1) is 44.2. The Morgan fingerprint density at radius 1 is 1.00 bits per heavy atom. The van der Waals surface area contributed by atoms with Crippen molar-refractivity contribution in [2.24, 2.45) is 17.3 Å². The van der Waals surface area contributed by atoms with Gasteiger partial charge >= 0.3 is 17.9 Å². The lowest BCUT2D eigenvalue weighted by molar-refractivity contribution is -0.228. The summed E-state index contributed by atoms with van der Waals surface area (Å²) in [5, 5.41) is 17.0. The molecule has 1 amide bonds. The van der Waals surface area contributed by atoms with Crippen molar-refractivity contribution < 1.29 is 52.0 Å². The smallest absolute Gasteiger partial charge is 0.344 e. The topological polar surface area (TPSA) is 163 Å². The second-order valence-electron chi connectivity index (χ2n) is 19.2. The van der Waals surface area contributed by atoms with Gasteiger partial charge in [-0.25, -0.2) is 13.6 Å². The number of amides is 1. The fourth-order valence-corrected chi connectivity index (χ4v) is 13.8. The van der Waals surface area contributed by atoms with Crippen LogP contribution in [0.1, 0.15) is 75.8 Å².